The van der Waals surface area contributed by atoms with Crippen LogP contribution in [0.1, 0.15) is 30.5 Å². The highest BCUT2D eigenvalue weighted by atomic mass is 35.5. The van der Waals surface area contributed by atoms with Crippen LogP contribution in [0.25, 0.3) is 0 Å². The van der Waals surface area contributed by atoms with E-state index in [-0.39, 0.29) is 11.9 Å². The first-order chi connectivity index (χ1) is 15.5. The predicted octanol–water partition coefficient (Wildman–Crippen LogP) is 4.44. The predicted molar refractivity (Wildman–Crippen MR) is 131 cm³/mol. The number of carbonyl (C=O) groups excluding carboxylic acids is 1. The van der Waals surface area contributed by atoms with Crippen LogP contribution < -0.4 is 5.32 Å². The molecule has 1 heterocycles. The van der Waals surface area contributed by atoms with Crippen LogP contribution in [0.4, 0.5) is 0 Å². The quantitative estimate of drug-likeness (QED) is 0.486. The Morgan fingerprint density at radius 1 is 1.22 bits per heavy atom. The van der Waals surface area contributed by atoms with E-state index < -0.39 is 0 Å². The number of nitrogens with zero attached hydrogens (tertiary/aromatic N) is 2. The zero-order valence-electron chi connectivity index (χ0n) is 18.9. The van der Waals surface area contributed by atoms with Crippen molar-refractivity contribution < 1.29 is 9.53 Å². The van der Waals surface area contributed by atoms with Crippen molar-refractivity contribution in [1.29, 1.82) is 0 Å². The standard InChI is InChI=1S/C25H33Cl2N3O2/c1-3-32-14-12-28-21-11-13-30(17-21)18-24(20-7-5-4-6-8-20)29(2)25(31)16-19-9-10-22(26)23(27)15-19/h4-10,15,21,24,28H,3,11-14,16-18H2,1-2H3/t21-,24+/m0/s1. The van der Waals surface area contributed by atoms with E-state index in [9.17, 15) is 4.79 Å². The first-order valence-corrected chi connectivity index (χ1v) is 12.0. The lowest BCUT2D eigenvalue weighted by Gasteiger charge is -2.32. The number of carbonyl (C=O) groups is 1. The van der Waals surface area contributed by atoms with Crippen molar-refractivity contribution in [2.24, 2.45) is 0 Å². The molecule has 5 nitrogen and oxygen atoms in total. The van der Waals surface area contributed by atoms with Crippen molar-refractivity contribution in [3.63, 3.8) is 0 Å². The summed E-state index contributed by atoms with van der Waals surface area (Å²) in [5.74, 6) is 0.0582. The Hall–Kier alpha value is -1.63. The van der Waals surface area contributed by atoms with E-state index in [1.165, 1.54) is 0 Å². The van der Waals surface area contributed by atoms with Gasteiger partial charge in [-0.3, -0.25) is 9.69 Å². The van der Waals surface area contributed by atoms with Crippen LogP contribution in [0.5, 0.6) is 0 Å². The molecular formula is C25H33Cl2N3O2. The molecule has 174 valence electrons. The lowest BCUT2D eigenvalue weighted by atomic mass is 10.0. The van der Waals surface area contributed by atoms with Gasteiger partial charge in [-0.2, -0.15) is 0 Å². The van der Waals surface area contributed by atoms with Crippen LogP contribution in [0.3, 0.4) is 0 Å². The van der Waals surface area contributed by atoms with E-state index in [0.29, 0.717) is 22.5 Å². The number of likely N-dealkylation sites (tertiary alicyclic amines) is 1. The highest BCUT2D eigenvalue weighted by Gasteiger charge is 2.28. The third-order valence-corrected chi connectivity index (χ3v) is 6.71. The Labute approximate surface area is 201 Å². The Balaban J connectivity index is 1.64. The minimum absolute atomic E-state index is 0.0198. The summed E-state index contributed by atoms with van der Waals surface area (Å²) < 4.78 is 5.43. The smallest absolute Gasteiger partial charge is 0.227 e. The number of amides is 1. The fourth-order valence-corrected chi connectivity index (χ4v) is 4.46. The van der Waals surface area contributed by atoms with Gasteiger partial charge in [0.1, 0.15) is 0 Å². The van der Waals surface area contributed by atoms with Crippen molar-refractivity contribution in [3.8, 4) is 0 Å². The maximum Gasteiger partial charge on any atom is 0.227 e. The molecule has 1 saturated heterocycles. The Bertz CT molecular complexity index is 866. The van der Waals surface area contributed by atoms with Gasteiger partial charge < -0.3 is 15.0 Å². The minimum Gasteiger partial charge on any atom is -0.380 e. The maximum absolute atomic E-state index is 13.2. The largest absolute Gasteiger partial charge is 0.380 e. The van der Waals surface area contributed by atoms with Gasteiger partial charge >= 0.3 is 0 Å². The number of hydrogen-bond donors (Lipinski definition) is 1. The summed E-state index contributed by atoms with van der Waals surface area (Å²) in [5, 5.41) is 4.55. The van der Waals surface area contributed by atoms with E-state index in [1.54, 1.807) is 12.1 Å². The summed E-state index contributed by atoms with van der Waals surface area (Å²) in [6, 6.07) is 16.1. The minimum atomic E-state index is -0.0198. The number of ether oxygens (including phenoxy) is 1. The van der Waals surface area contributed by atoms with E-state index >= 15 is 0 Å². The van der Waals surface area contributed by atoms with Crippen LogP contribution >= 0.6 is 23.2 Å². The Kier molecular flexibility index (Phi) is 9.82. The summed E-state index contributed by atoms with van der Waals surface area (Å²) in [6.45, 7) is 7.17. The van der Waals surface area contributed by atoms with Crippen molar-refractivity contribution in [2.75, 3.05) is 46.4 Å². The number of benzene rings is 2. The molecule has 0 unspecified atom stereocenters. The van der Waals surface area contributed by atoms with Gasteiger partial charge in [-0.15, -0.1) is 0 Å². The van der Waals surface area contributed by atoms with E-state index in [2.05, 4.69) is 22.3 Å². The molecule has 1 aliphatic rings. The van der Waals surface area contributed by atoms with E-state index in [0.717, 1.165) is 56.9 Å². The second kappa shape index (κ2) is 12.6. The number of likely N-dealkylation sites (N-methyl/N-ethyl adjacent to an activating group) is 1. The Morgan fingerprint density at radius 3 is 2.72 bits per heavy atom. The molecule has 0 radical (unpaired) electrons. The van der Waals surface area contributed by atoms with Crippen molar-refractivity contribution in [1.82, 2.24) is 15.1 Å². The zero-order valence-corrected chi connectivity index (χ0v) is 20.4. The molecule has 0 bridgehead atoms. The second-order valence-corrected chi connectivity index (χ2v) is 9.07. The lowest BCUT2D eigenvalue weighted by molar-refractivity contribution is -0.131. The number of rotatable bonds is 11. The van der Waals surface area contributed by atoms with Crippen molar-refractivity contribution >= 4 is 29.1 Å². The molecular weight excluding hydrogens is 445 g/mol. The second-order valence-electron chi connectivity index (χ2n) is 8.25. The third kappa shape index (κ3) is 7.19. The molecule has 0 saturated carbocycles. The van der Waals surface area contributed by atoms with Gasteiger partial charge in [0.15, 0.2) is 0 Å². The highest BCUT2D eigenvalue weighted by molar-refractivity contribution is 6.42. The molecule has 2 aromatic rings. The van der Waals surface area contributed by atoms with Gasteiger partial charge in [0.05, 0.1) is 29.1 Å². The van der Waals surface area contributed by atoms with Crippen LogP contribution in [-0.2, 0) is 16.0 Å². The van der Waals surface area contributed by atoms with Crippen molar-refractivity contribution in [2.45, 2.75) is 31.8 Å². The van der Waals surface area contributed by atoms with Crippen LogP contribution in [0.15, 0.2) is 48.5 Å². The highest BCUT2D eigenvalue weighted by Crippen LogP contribution is 2.26. The molecule has 2 aromatic carbocycles. The normalized spacial score (nSPS) is 17.4. The molecule has 1 fully saturated rings. The summed E-state index contributed by atoms with van der Waals surface area (Å²) in [5.41, 5.74) is 2.01. The Morgan fingerprint density at radius 2 is 2.00 bits per heavy atom. The summed E-state index contributed by atoms with van der Waals surface area (Å²) in [4.78, 5) is 17.5. The zero-order chi connectivity index (χ0) is 22.9. The maximum atomic E-state index is 13.2. The van der Waals surface area contributed by atoms with Gasteiger partial charge in [0.2, 0.25) is 5.91 Å². The van der Waals surface area contributed by atoms with Crippen molar-refractivity contribution in [3.05, 3.63) is 69.7 Å². The van der Waals surface area contributed by atoms with E-state index in [1.807, 2.05) is 43.1 Å². The fourth-order valence-electron chi connectivity index (χ4n) is 4.14. The lowest BCUT2D eigenvalue weighted by Crippen LogP contribution is -2.41. The molecule has 2 atom stereocenters. The fraction of sp³-hybridized carbons (Fsp3) is 0.480. The van der Waals surface area contributed by atoms with Gasteiger partial charge in [-0.1, -0.05) is 59.6 Å². The van der Waals surface area contributed by atoms with E-state index in [4.69, 9.17) is 27.9 Å². The molecule has 1 aliphatic heterocycles. The van der Waals surface area contributed by atoms with Crippen LogP contribution in [0, 0.1) is 0 Å². The molecule has 7 heteroatoms. The molecule has 1 N–H and O–H groups in total. The molecule has 32 heavy (non-hydrogen) atoms. The summed E-state index contributed by atoms with van der Waals surface area (Å²) in [6.07, 6.45) is 1.40. The molecule has 3 rings (SSSR count). The first kappa shape index (κ1) is 25.0. The SMILES string of the molecule is CCOCCN[C@H]1CCN(C[C@H](c2ccccc2)N(C)C(=O)Cc2ccc(Cl)c(Cl)c2)C1. The van der Waals surface area contributed by atoms with Gasteiger partial charge in [-0.05, 0) is 43.1 Å². The topological polar surface area (TPSA) is 44.8 Å². The number of hydrogen-bond acceptors (Lipinski definition) is 4. The van der Waals surface area contributed by atoms with Gasteiger partial charge in [0.25, 0.3) is 0 Å². The average Bonchev–Trinajstić information content (AvgIpc) is 3.25. The van der Waals surface area contributed by atoms with Gasteiger partial charge in [0, 0.05) is 39.3 Å². The number of halogens is 2. The average molecular weight is 478 g/mol. The monoisotopic (exact) mass is 477 g/mol. The molecule has 0 aromatic heterocycles. The summed E-state index contributed by atoms with van der Waals surface area (Å²) in [7, 11) is 1.89. The van der Waals surface area contributed by atoms with Gasteiger partial charge in [-0.25, -0.2) is 0 Å². The van der Waals surface area contributed by atoms with Crippen LogP contribution in [0.2, 0.25) is 10.0 Å². The number of nitrogens with one attached hydrogen (secondary N) is 1. The first-order valence-electron chi connectivity index (χ1n) is 11.3. The molecule has 0 aliphatic carbocycles. The summed E-state index contributed by atoms with van der Waals surface area (Å²) >= 11 is 12.2. The molecule has 0 spiro atoms. The molecule has 1 amide bonds. The third-order valence-electron chi connectivity index (χ3n) is 5.97. The van der Waals surface area contributed by atoms with Crippen LogP contribution in [-0.4, -0.2) is 68.2 Å².